The van der Waals surface area contributed by atoms with Crippen LogP contribution in [-0.2, 0) is 0 Å². The van der Waals surface area contributed by atoms with E-state index < -0.39 is 0 Å². The van der Waals surface area contributed by atoms with E-state index >= 15 is 0 Å². The molecule has 0 aromatic rings. The molecule has 0 heterocycles. The van der Waals surface area contributed by atoms with Crippen LogP contribution in [0.4, 0.5) is 0 Å². The predicted molar refractivity (Wildman–Crippen MR) is 43.3 cm³/mol. The Morgan fingerprint density at radius 3 is 1.89 bits per heavy atom. The molecule has 56 valence electrons. The molecule has 4 N–H and O–H groups in total. The van der Waals surface area contributed by atoms with Crippen LogP contribution in [0.15, 0.2) is 0 Å². The van der Waals surface area contributed by atoms with Crippen LogP contribution in [0.2, 0.25) is 0 Å². The van der Waals surface area contributed by atoms with E-state index in [0.29, 0.717) is 6.54 Å². The van der Waals surface area contributed by atoms with Crippen molar-refractivity contribution in [3.63, 3.8) is 0 Å². The van der Waals surface area contributed by atoms with Gasteiger partial charge in [0.15, 0.2) is 0 Å². The highest BCUT2D eigenvalue weighted by molar-refractivity contribution is 5.85. The number of terminal acetylenes is 1. The van der Waals surface area contributed by atoms with Gasteiger partial charge in [0.05, 0.1) is 6.54 Å². The fraction of sp³-hybridized carbons (Fsp3) is 0.600. The Balaban J connectivity index is -0.0000000800. The van der Waals surface area contributed by atoms with Crippen LogP contribution in [-0.4, -0.2) is 20.6 Å². The predicted octanol–water partition coefficient (Wildman–Crippen LogP) is -0.660. The number of nitrogens with one attached hydrogen (secondary N) is 2. The van der Waals surface area contributed by atoms with Crippen molar-refractivity contribution >= 4 is 12.4 Å². The van der Waals surface area contributed by atoms with Crippen LogP contribution in [0.3, 0.4) is 0 Å². The van der Waals surface area contributed by atoms with Gasteiger partial charge in [0.2, 0.25) is 0 Å². The molecule has 0 fully saturated rings. The van der Waals surface area contributed by atoms with Crippen LogP contribution in [0, 0.1) is 12.3 Å². The second-order valence-electron chi connectivity index (χ2n) is 1.02. The molecular formula is C5H14ClN3. The molecule has 0 rings (SSSR count). The molecule has 0 atom stereocenters. The molecule has 4 heteroatoms. The third kappa shape index (κ3) is 84.8. The van der Waals surface area contributed by atoms with Crippen molar-refractivity contribution in [2.24, 2.45) is 5.84 Å². The molecule has 3 nitrogen and oxygen atoms in total. The van der Waals surface area contributed by atoms with Gasteiger partial charge >= 0.3 is 0 Å². The fourth-order valence-corrected chi connectivity index (χ4v) is 0.102. The van der Waals surface area contributed by atoms with Crippen LogP contribution in [0.1, 0.15) is 0 Å². The number of hydrazine groups is 1. The van der Waals surface area contributed by atoms with Crippen molar-refractivity contribution < 1.29 is 0 Å². The van der Waals surface area contributed by atoms with E-state index in [0.717, 1.165) is 0 Å². The maximum atomic E-state index is 4.83. The Kier molecular flexibility index (Phi) is 44.4. The van der Waals surface area contributed by atoms with Gasteiger partial charge in [-0.15, -0.1) is 18.8 Å². The first-order chi connectivity index (χ1) is 3.83. The van der Waals surface area contributed by atoms with Crippen molar-refractivity contribution in [2.45, 2.75) is 0 Å². The highest BCUT2D eigenvalue weighted by Gasteiger charge is 1.56. The monoisotopic (exact) mass is 151 g/mol. The SMILES string of the molecule is C#CCNC.CNN.Cl. The number of halogens is 1. The van der Waals surface area contributed by atoms with Crippen LogP contribution in [0.25, 0.3) is 0 Å². The largest absolute Gasteiger partial charge is 0.309 e. The summed E-state index contributed by atoms with van der Waals surface area (Å²) in [6.45, 7) is 0.667. The van der Waals surface area contributed by atoms with Crippen LogP contribution < -0.4 is 16.6 Å². The second kappa shape index (κ2) is 25.2. The lowest BCUT2D eigenvalue weighted by atomic mass is 10.7. The first kappa shape index (κ1) is 15.9. The fourth-order valence-electron chi connectivity index (χ4n) is 0.102. The first-order valence-electron chi connectivity index (χ1n) is 2.28. The van der Waals surface area contributed by atoms with E-state index in [-0.39, 0.29) is 12.4 Å². The summed E-state index contributed by atoms with van der Waals surface area (Å²) in [4.78, 5) is 0. The van der Waals surface area contributed by atoms with Gasteiger partial charge < -0.3 is 5.32 Å². The maximum absolute atomic E-state index is 4.83. The Hall–Kier alpha value is -0.270. The first-order valence-corrected chi connectivity index (χ1v) is 2.28. The van der Waals surface area contributed by atoms with Crippen LogP contribution >= 0.6 is 12.4 Å². The Bertz CT molecular complexity index is 59.7. The molecule has 0 radical (unpaired) electrons. The van der Waals surface area contributed by atoms with E-state index in [9.17, 15) is 0 Å². The summed E-state index contributed by atoms with van der Waals surface area (Å²) in [6, 6.07) is 0. The average molecular weight is 152 g/mol. The molecule has 0 unspecified atom stereocenters. The molecule has 9 heavy (non-hydrogen) atoms. The topological polar surface area (TPSA) is 50.1 Å². The zero-order valence-corrected chi connectivity index (χ0v) is 6.59. The van der Waals surface area contributed by atoms with Crippen molar-refractivity contribution in [3.8, 4) is 12.3 Å². The zero-order chi connectivity index (χ0) is 6.83. The standard InChI is InChI=1S/C4H7N.CH6N2.ClH/c1-3-4-5-2;1-3-2;/h1,5H,4H2,2H3;3H,2H2,1H3;1H. The zero-order valence-electron chi connectivity index (χ0n) is 5.77. The Morgan fingerprint density at radius 1 is 1.56 bits per heavy atom. The van der Waals surface area contributed by atoms with Crippen molar-refractivity contribution in [2.75, 3.05) is 20.6 Å². The van der Waals surface area contributed by atoms with Gasteiger partial charge in [-0.3, -0.25) is 11.3 Å². The molecule has 0 saturated heterocycles. The van der Waals surface area contributed by atoms with E-state index in [1.807, 2.05) is 7.05 Å². The van der Waals surface area contributed by atoms with Crippen LogP contribution in [0.5, 0.6) is 0 Å². The third-order valence-corrected chi connectivity index (χ3v) is 0.279. The summed E-state index contributed by atoms with van der Waals surface area (Å²) in [5, 5.41) is 2.78. The van der Waals surface area contributed by atoms with E-state index in [1.54, 1.807) is 7.05 Å². The number of hydrogen-bond acceptors (Lipinski definition) is 3. The molecule has 0 aliphatic heterocycles. The molecule has 0 aromatic carbocycles. The van der Waals surface area contributed by atoms with Crippen molar-refractivity contribution in [1.82, 2.24) is 10.7 Å². The number of hydrogen-bond donors (Lipinski definition) is 3. The van der Waals surface area contributed by atoms with Crippen molar-refractivity contribution in [3.05, 3.63) is 0 Å². The molecule has 0 aliphatic carbocycles. The van der Waals surface area contributed by atoms with Gasteiger partial charge in [-0.1, -0.05) is 5.92 Å². The summed E-state index contributed by atoms with van der Waals surface area (Å²) in [7, 11) is 3.47. The Morgan fingerprint density at radius 2 is 1.89 bits per heavy atom. The minimum absolute atomic E-state index is 0. The normalized spacial score (nSPS) is 5.56. The van der Waals surface area contributed by atoms with E-state index in [4.69, 9.17) is 6.42 Å². The lowest BCUT2D eigenvalue weighted by Gasteiger charge is -1.76. The molecule has 0 spiro atoms. The van der Waals surface area contributed by atoms with Gasteiger partial charge in [-0.2, -0.15) is 0 Å². The summed E-state index contributed by atoms with van der Waals surface area (Å²) in [5.74, 6) is 7.00. The summed E-state index contributed by atoms with van der Waals surface area (Å²) in [5.41, 5.74) is 2.25. The van der Waals surface area contributed by atoms with Gasteiger partial charge in [-0.05, 0) is 14.1 Å². The van der Waals surface area contributed by atoms with E-state index in [2.05, 4.69) is 22.5 Å². The Labute approximate surface area is 62.8 Å². The molecule has 0 saturated carbocycles. The van der Waals surface area contributed by atoms with Crippen molar-refractivity contribution in [1.29, 1.82) is 0 Å². The maximum Gasteiger partial charge on any atom is 0.0571 e. The molecule has 0 bridgehead atoms. The summed E-state index contributed by atoms with van der Waals surface area (Å²) < 4.78 is 0. The lowest BCUT2D eigenvalue weighted by molar-refractivity contribution is 0.900. The molecular weight excluding hydrogens is 138 g/mol. The number of nitrogens with two attached hydrogens (primary N) is 1. The quantitative estimate of drug-likeness (QED) is 0.265. The highest BCUT2D eigenvalue weighted by Crippen LogP contribution is 1.37. The van der Waals surface area contributed by atoms with Gasteiger partial charge in [0.1, 0.15) is 0 Å². The van der Waals surface area contributed by atoms with Gasteiger partial charge in [0, 0.05) is 0 Å². The van der Waals surface area contributed by atoms with E-state index in [1.165, 1.54) is 0 Å². The number of rotatable bonds is 1. The summed E-state index contributed by atoms with van der Waals surface area (Å²) in [6.07, 6.45) is 4.83. The van der Waals surface area contributed by atoms with Gasteiger partial charge in [-0.25, -0.2) is 0 Å². The minimum atomic E-state index is 0. The molecule has 0 aromatic heterocycles. The minimum Gasteiger partial charge on any atom is -0.309 e. The molecule has 0 amide bonds. The highest BCUT2D eigenvalue weighted by atomic mass is 35.5. The third-order valence-electron chi connectivity index (χ3n) is 0.279. The van der Waals surface area contributed by atoms with Gasteiger partial charge in [0.25, 0.3) is 0 Å². The second-order valence-corrected chi connectivity index (χ2v) is 1.02. The smallest absolute Gasteiger partial charge is 0.0571 e. The average Bonchev–Trinajstić information content (AvgIpc) is 1.71. The lowest BCUT2D eigenvalue weighted by Crippen LogP contribution is -2.13. The summed E-state index contributed by atoms with van der Waals surface area (Å²) >= 11 is 0. The molecule has 0 aliphatic rings.